The van der Waals surface area contributed by atoms with Crippen molar-refractivity contribution < 1.29 is 279 Å². The summed E-state index contributed by atoms with van der Waals surface area (Å²) in [6.07, 6.45) is -64.6. The van der Waals surface area contributed by atoms with Gasteiger partial charge in [-0.2, -0.15) is 0 Å². The first-order valence-corrected chi connectivity index (χ1v) is 25.5. The van der Waals surface area contributed by atoms with Crippen molar-refractivity contribution >= 4 is 15.6 Å². The van der Waals surface area contributed by atoms with Gasteiger partial charge in [-0.25, -0.2) is 0 Å². The van der Waals surface area contributed by atoms with E-state index < -0.39 is 240 Å². The van der Waals surface area contributed by atoms with Gasteiger partial charge in [0.15, 0.2) is 37.7 Å². The molecule has 0 aliphatic carbocycles. The van der Waals surface area contributed by atoms with Crippen LogP contribution in [0.15, 0.2) is 0 Å². The van der Waals surface area contributed by atoms with Gasteiger partial charge < -0.3 is 167 Å². The molecule has 0 amide bonds. The van der Waals surface area contributed by atoms with E-state index in [-0.39, 0.29) is 103 Å². The molecule has 36 nitrogen and oxygen atoms in total. The molecule has 22 aliphatic heterocycles. The van der Waals surface area contributed by atoms with E-state index in [1.54, 1.807) is 0 Å². The van der Waals surface area contributed by atoms with Gasteiger partial charge in [0.1, 0.15) is 146 Å². The molecule has 0 aromatic heterocycles. The van der Waals surface area contributed by atoms with E-state index in [4.69, 9.17) is 56.8 Å². The molecule has 76 heavy (non-hydrogen) atoms. The zero-order chi connectivity index (χ0) is 54.5. The van der Waals surface area contributed by atoms with Gasteiger partial charge in [0.05, 0.1) is 39.6 Å². The summed E-state index contributed by atoms with van der Waals surface area (Å²) >= 11 is 0. The molecule has 22 aliphatic rings. The van der Waals surface area contributed by atoms with Crippen molar-refractivity contribution in [1.82, 2.24) is 0 Å². The largest absolute Gasteiger partial charge is 1.00 e. The number of aliphatic hydroxyl groups is 16. The maximum atomic E-state index is 11.7. The number of aliphatic hydroxyl groups excluding tert-OH is 16. The van der Waals surface area contributed by atoms with Crippen LogP contribution in [0.5, 0.6) is 0 Å². The maximum absolute atomic E-state index is 11.7. The van der Waals surface area contributed by atoms with Crippen LogP contribution in [0.2, 0.25) is 0 Å². The standard InChI is InChI=1S/C36H62O36P2.2K/c37-1-7-25-13(41)19(47)31(61-7)68-26-8(2-38)63-33(21(49)15(26)43)71-29-11(5-59-73(53,54)55)66-36(24(52)18(29)46)70-28-10(4-40)64-34(22(50)16(28)44)72-30-12(6-60-74(56,57)58)65-35(23(51)17(30)45)69-27-9(3-39)62-32(67-25)20(48)14(27)42;;/h7-52H,1-6H2,(H2,53,54,55)(H2,56,57,58);;/q;2*+1/p-2/t7-,8-,9-,10-,11-,12-,13-,14-,15-,16-,17-,18-,19-,20-,21-,22-,23-,24-,25-,26-,27-,28-,29-,30-,31-,32-,33-,34-,35-,36-;;/m1../s1. The van der Waals surface area contributed by atoms with Crippen LogP contribution in [-0.2, 0) is 75.0 Å². The van der Waals surface area contributed by atoms with Crippen molar-refractivity contribution in [2.75, 3.05) is 39.6 Å². The van der Waals surface area contributed by atoms with Crippen molar-refractivity contribution in [2.24, 2.45) is 0 Å². The first-order chi connectivity index (χ1) is 34.7. The summed E-state index contributed by atoms with van der Waals surface area (Å²) in [4.78, 5) is 42.2. The van der Waals surface area contributed by atoms with Gasteiger partial charge in [0, 0.05) is 0 Å². The van der Waals surface area contributed by atoms with Crippen LogP contribution in [0.1, 0.15) is 0 Å². The van der Waals surface area contributed by atoms with Gasteiger partial charge in [-0.1, -0.05) is 0 Å². The fourth-order valence-corrected chi connectivity index (χ4v) is 9.91. The summed E-state index contributed by atoms with van der Waals surface area (Å²) in [6, 6.07) is 0. The van der Waals surface area contributed by atoms with Crippen molar-refractivity contribution in [3.8, 4) is 0 Å². The minimum atomic E-state index is -5.67. The number of ether oxygens (including phenoxy) is 12. The minimum absolute atomic E-state index is 0. The molecule has 18 N–H and O–H groups in total. The molecule has 22 rings (SSSR count). The van der Waals surface area contributed by atoms with Crippen LogP contribution in [0, 0.1) is 0 Å². The molecule has 40 heteroatoms. The Morgan fingerprint density at radius 1 is 0.303 bits per heavy atom. The molecule has 12 bridgehead atoms. The summed E-state index contributed by atoms with van der Waals surface area (Å²) in [7, 11) is -11.3. The Hall–Kier alpha value is 2.37. The normalized spacial score (nSPS) is 51.1. The zero-order valence-corrected chi connectivity index (χ0v) is 47.9. The second kappa shape index (κ2) is 29.2. The molecule has 22 heterocycles. The van der Waals surface area contributed by atoms with Gasteiger partial charge in [-0.15, -0.1) is 0 Å². The molecule has 22 fully saturated rings. The molecule has 0 spiro atoms. The van der Waals surface area contributed by atoms with E-state index in [0.717, 1.165) is 0 Å². The maximum Gasteiger partial charge on any atom is 1.00 e. The zero-order valence-electron chi connectivity index (χ0n) is 39.9. The Bertz CT molecular complexity index is 1870. The minimum Gasteiger partial charge on any atom is -0.756 e. The fourth-order valence-electron chi connectivity index (χ4n) is 9.24. The average molecular weight is 1210 g/mol. The van der Waals surface area contributed by atoms with Crippen molar-refractivity contribution in [3.63, 3.8) is 0 Å². The summed E-state index contributed by atoms with van der Waals surface area (Å²) < 4.78 is 99.8. The Morgan fingerprint density at radius 3 is 0.618 bits per heavy atom. The molecule has 2 unspecified atom stereocenters. The predicted octanol–water partition coefficient (Wildman–Crippen LogP) is -20.1. The van der Waals surface area contributed by atoms with E-state index in [2.05, 4.69) is 9.05 Å². The van der Waals surface area contributed by atoms with Crippen molar-refractivity contribution in [1.29, 1.82) is 0 Å². The molecule has 0 aromatic rings. The number of hydrogen-bond donors (Lipinski definition) is 18. The first kappa shape index (κ1) is 69.1. The molecule has 0 radical (unpaired) electrons. The number of phosphoric acid groups is 2. The number of phosphoric ester groups is 2. The van der Waals surface area contributed by atoms with Gasteiger partial charge in [-0.3, -0.25) is 9.13 Å². The number of hydrogen-bond acceptors (Lipinski definition) is 34. The van der Waals surface area contributed by atoms with E-state index >= 15 is 0 Å². The van der Waals surface area contributed by atoms with Crippen molar-refractivity contribution in [2.45, 2.75) is 184 Å². The third-order valence-corrected chi connectivity index (χ3v) is 14.1. The molecule has 0 saturated carbocycles. The Labute approximate surface area is 513 Å². The third-order valence-electron chi connectivity index (χ3n) is 13.1. The monoisotopic (exact) mass is 1210 g/mol. The summed E-state index contributed by atoms with van der Waals surface area (Å²) in [5.41, 5.74) is 0. The second-order valence-electron chi connectivity index (χ2n) is 18.0. The van der Waals surface area contributed by atoms with Crippen LogP contribution in [0.25, 0.3) is 0 Å². The molecule has 432 valence electrons. The molecular weight excluding hydrogens is 1150 g/mol. The van der Waals surface area contributed by atoms with Crippen LogP contribution in [0.3, 0.4) is 0 Å². The Kier molecular flexibility index (Phi) is 26.5. The smallest absolute Gasteiger partial charge is 0.756 e. The van der Waals surface area contributed by atoms with Crippen LogP contribution in [0.4, 0.5) is 0 Å². The average Bonchev–Trinajstić information content (AvgIpc) is 3.34. The first-order valence-electron chi connectivity index (χ1n) is 22.5. The van der Waals surface area contributed by atoms with Gasteiger partial charge >= 0.3 is 103 Å². The fraction of sp³-hybridized carbons (Fsp3) is 1.00. The van der Waals surface area contributed by atoms with Crippen LogP contribution < -0.4 is 113 Å². The van der Waals surface area contributed by atoms with E-state index in [9.17, 15) is 110 Å². The van der Waals surface area contributed by atoms with Gasteiger partial charge in [0.25, 0.3) is 15.6 Å². The van der Waals surface area contributed by atoms with Gasteiger partial charge in [-0.05, 0) is 0 Å². The van der Waals surface area contributed by atoms with E-state index in [1.165, 1.54) is 0 Å². The molecular formula is C36H60K2O36P2. The SMILES string of the molecule is O=P([O-])(O)OC[C@H]1O[C@@H]2O[C@H]3[C@H](O)[C@@H](O)[C@@H](O[C@H]4[C@H](O)[C@@H](O)[C@@H](O[C@H]5[C@H](O)[C@@H](O)[C@@H](O[C@H]6[C@H](O)[C@@H](O)[C@@H](O[C@H]7[C@H](O)[C@@H](O)[C@@H](O[C@H]1[C@H](O)[C@H]2O)O[C@@H]7CO)O[C@@H]6COP(=O)([O-])O)O[C@@H]5CO)O[C@@H]4CO)O[C@@H]3CO.[K+].[K+]. The summed E-state index contributed by atoms with van der Waals surface area (Å²) in [5, 5.41) is 177. The summed E-state index contributed by atoms with van der Waals surface area (Å²) in [5.74, 6) is 0. The van der Waals surface area contributed by atoms with Crippen LogP contribution in [-0.4, -0.2) is 315 Å². The van der Waals surface area contributed by atoms with Gasteiger partial charge in [0.2, 0.25) is 0 Å². The third kappa shape index (κ3) is 15.7. The van der Waals surface area contributed by atoms with E-state index in [0.29, 0.717) is 0 Å². The Balaban J connectivity index is 0.00000533. The molecule has 0 aromatic carbocycles. The quantitative estimate of drug-likeness (QED) is 0.0713. The van der Waals surface area contributed by atoms with Crippen molar-refractivity contribution in [3.05, 3.63) is 0 Å². The van der Waals surface area contributed by atoms with Crippen LogP contribution >= 0.6 is 15.6 Å². The molecule has 32 atom stereocenters. The van der Waals surface area contributed by atoms with E-state index in [1.807, 2.05) is 0 Å². The number of rotatable bonds is 10. The Morgan fingerprint density at radius 2 is 0.461 bits per heavy atom. The predicted molar refractivity (Wildman–Crippen MR) is 213 cm³/mol. The molecule has 22 saturated heterocycles. The summed E-state index contributed by atoms with van der Waals surface area (Å²) in [6.45, 7) is -7.12. The topological polar surface area (TPSA) is 574 Å². The second-order valence-corrected chi connectivity index (χ2v) is 20.4.